The lowest BCUT2D eigenvalue weighted by atomic mass is 9.95. The molecule has 8 heteroatoms. The van der Waals surface area contributed by atoms with E-state index in [0.29, 0.717) is 12.1 Å². The van der Waals surface area contributed by atoms with E-state index in [4.69, 9.17) is 10.7 Å². The minimum absolute atomic E-state index is 0.117. The van der Waals surface area contributed by atoms with E-state index in [9.17, 15) is 4.79 Å². The van der Waals surface area contributed by atoms with Crippen LogP contribution in [0.25, 0.3) is 33.3 Å². The fraction of sp³-hybridized carbons (Fsp3) is 0.185. The predicted molar refractivity (Wildman–Crippen MR) is 137 cm³/mol. The van der Waals surface area contributed by atoms with E-state index < -0.39 is 5.54 Å². The van der Waals surface area contributed by atoms with Gasteiger partial charge in [-0.3, -0.25) is 9.88 Å². The third-order valence-electron chi connectivity index (χ3n) is 6.51. The van der Waals surface area contributed by atoms with Crippen molar-refractivity contribution in [1.29, 1.82) is 0 Å². The van der Waals surface area contributed by atoms with Crippen LogP contribution >= 0.6 is 0 Å². The summed E-state index contributed by atoms with van der Waals surface area (Å²) in [5, 5.41) is 0.991. The van der Waals surface area contributed by atoms with Crippen molar-refractivity contribution in [3.05, 3.63) is 78.2 Å². The lowest BCUT2D eigenvalue weighted by molar-refractivity contribution is 0.213. The maximum atomic E-state index is 13.5. The van der Waals surface area contributed by atoms with Crippen LogP contribution in [0.3, 0.4) is 0 Å². The van der Waals surface area contributed by atoms with Gasteiger partial charge in [0.05, 0.1) is 29.1 Å². The number of aromatic amines is 1. The third kappa shape index (κ3) is 3.41. The average molecular weight is 464 g/mol. The minimum atomic E-state index is -0.472. The molecule has 1 aromatic carbocycles. The summed E-state index contributed by atoms with van der Waals surface area (Å²) < 4.78 is 0. The first kappa shape index (κ1) is 21.2. The van der Waals surface area contributed by atoms with Gasteiger partial charge >= 0.3 is 6.03 Å². The number of nitrogens with two attached hydrogens (primary N) is 1. The number of anilines is 2. The largest absolute Gasteiger partial charge is 0.345 e. The fourth-order valence-corrected chi connectivity index (χ4v) is 4.64. The number of carbonyl (C=O) groups excluding carboxylic acids is 1. The topological polar surface area (TPSA) is 104 Å². The Bertz CT molecular complexity index is 1600. The van der Waals surface area contributed by atoms with Gasteiger partial charge in [0, 0.05) is 47.7 Å². The van der Waals surface area contributed by atoms with Crippen molar-refractivity contribution in [1.82, 2.24) is 24.8 Å². The average Bonchev–Trinajstić information content (AvgIpc) is 3.28. The summed E-state index contributed by atoms with van der Waals surface area (Å²) in [6, 6.07) is 15.5. The first-order chi connectivity index (χ1) is 16.8. The Morgan fingerprint density at radius 3 is 2.63 bits per heavy atom. The van der Waals surface area contributed by atoms with Crippen molar-refractivity contribution in [2.24, 2.45) is 5.73 Å². The first-order valence-electron chi connectivity index (χ1n) is 11.5. The summed E-state index contributed by atoms with van der Waals surface area (Å²) in [5.74, 6) is 0. The summed E-state index contributed by atoms with van der Waals surface area (Å²) in [7, 11) is 1.79. The number of carbonyl (C=O) groups is 1. The number of rotatable bonds is 3. The van der Waals surface area contributed by atoms with Crippen molar-refractivity contribution in [3.63, 3.8) is 0 Å². The smallest absolute Gasteiger partial charge is 0.329 e. The van der Waals surface area contributed by atoms with Crippen LogP contribution in [0.1, 0.15) is 25.0 Å². The summed E-state index contributed by atoms with van der Waals surface area (Å²) in [6.07, 6.45) is 5.51. The van der Waals surface area contributed by atoms with E-state index in [1.165, 1.54) is 0 Å². The highest BCUT2D eigenvalue weighted by Gasteiger charge is 2.32. The second-order valence-electron chi connectivity index (χ2n) is 9.54. The molecule has 8 nitrogen and oxygen atoms in total. The predicted octanol–water partition coefficient (Wildman–Crippen LogP) is 5.07. The summed E-state index contributed by atoms with van der Waals surface area (Å²) in [5.41, 5.74) is 13.2. The van der Waals surface area contributed by atoms with Gasteiger partial charge in [-0.2, -0.15) is 0 Å². The molecule has 0 fully saturated rings. The van der Waals surface area contributed by atoms with Gasteiger partial charge in [0.15, 0.2) is 0 Å². The van der Waals surface area contributed by atoms with Crippen LogP contribution in [-0.4, -0.2) is 37.9 Å². The molecule has 0 unspecified atom stereocenters. The molecule has 174 valence electrons. The highest BCUT2D eigenvalue weighted by atomic mass is 16.2. The monoisotopic (exact) mass is 463 g/mol. The fourth-order valence-electron chi connectivity index (χ4n) is 4.64. The number of fused-ring (bicyclic) bond motifs is 4. The van der Waals surface area contributed by atoms with Gasteiger partial charge in [0.25, 0.3) is 0 Å². The van der Waals surface area contributed by atoms with Crippen LogP contribution in [0.4, 0.5) is 16.2 Å². The van der Waals surface area contributed by atoms with Gasteiger partial charge in [-0.05, 0) is 55.8 Å². The van der Waals surface area contributed by atoms with Crippen molar-refractivity contribution in [3.8, 4) is 11.3 Å². The van der Waals surface area contributed by atoms with Crippen molar-refractivity contribution in [2.75, 3.05) is 11.9 Å². The number of nitrogens with zero attached hydrogens (tertiary/aromatic N) is 5. The lowest BCUT2D eigenvalue weighted by Gasteiger charge is -2.35. The Labute approximate surface area is 202 Å². The van der Waals surface area contributed by atoms with E-state index in [1.807, 2.05) is 74.8 Å². The Morgan fingerprint density at radius 2 is 1.86 bits per heavy atom. The first-order valence-corrected chi connectivity index (χ1v) is 11.5. The highest BCUT2D eigenvalue weighted by Crippen LogP contribution is 2.40. The van der Waals surface area contributed by atoms with Crippen LogP contribution < -0.4 is 10.6 Å². The normalized spacial score (nSPS) is 14.1. The van der Waals surface area contributed by atoms with Crippen LogP contribution in [0.15, 0.2) is 67.1 Å². The molecule has 1 aliphatic rings. The number of hydrogen-bond donors (Lipinski definition) is 2. The molecular weight excluding hydrogens is 438 g/mol. The van der Waals surface area contributed by atoms with Crippen LogP contribution in [0.5, 0.6) is 0 Å². The van der Waals surface area contributed by atoms with E-state index in [-0.39, 0.29) is 6.03 Å². The molecule has 0 bridgehead atoms. The third-order valence-corrected chi connectivity index (χ3v) is 6.51. The maximum Gasteiger partial charge on any atom is 0.329 e. The molecule has 0 aliphatic carbocycles. The zero-order valence-corrected chi connectivity index (χ0v) is 19.8. The number of amides is 2. The molecule has 0 radical (unpaired) electrons. The minimum Gasteiger partial charge on any atom is -0.345 e. The second kappa shape index (κ2) is 7.61. The molecule has 4 aromatic heterocycles. The van der Waals surface area contributed by atoms with E-state index in [1.54, 1.807) is 23.0 Å². The molecule has 5 aromatic rings. The van der Waals surface area contributed by atoms with Gasteiger partial charge in [-0.15, -0.1) is 0 Å². The molecule has 0 atom stereocenters. The maximum absolute atomic E-state index is 13.5. The van der Waals surface area contributed by atoms with Crippen LogP contribution in [0.2, 0.25) is 0 Å². The number of pyridine rings is 3. The Hall–Kier alpha value is -4.30. The zero-order valence-electron chi connectivity index (χ0n) is 19.8. The zero-order chi connectivity index (χ0) is 24.3. The van der Waals surface area contributed by atoms with Crippen molar-refractivity contribution >= 4 is 39.5 Å². The van der Waals surface area contributed by atoms with Gasteiger partial charge in [0.2, 0.25) is 0 Å². The Balaban J connectivity index is 1.56. The van der Waals surface area contributed by atoms with E-state index >= 15 is 0 Å². The van der Waals surface area contributed by atoms with Gasteiger partial charge in [0.1, 0.15) is 11.2 Å². The van der Waals surface area contributed by atoms with E-state index in [0.717, 1.165) is 50.3 Å². The second-order valence-corrected chi connectivity index (χ2v) is 9.54. The van der Waals surface area contributed by atoms with Crippen LogP contribution in [-0.2, 0) is 12.1 Å². The lowest BCUT2D eigenvalue weighted by Crippen LogP contribution is -2.42. The number of benzene rings is 1. The van der Waals surface area contributed by atoms with Crippen LogP contribution in [0, 0.1) is 0 Å². The number of H-pyrrole nitrogens is 1. The number of hydrogen-bond acceptors (Lipinski definition) is 5. The van der Waals surface area contributed by atoms with E-state index in [2.05, 4.69) is 15.0 Å². The number of urea groups is 1. The molecule has 1 aliphatic heterocycles. The van der Waals surface area contributed by atoms with Gasteiger partial charge < -0.3 is 15.6 Å². The quantitative estimate of drug-likeness (QED) is 0.389. The number of nitrogens with one attached hydrogen (secondary N) is 1. The van der Waals surface area contributed by atoms with Gasteiger partial charge in [-0.25, -0.2) is 14.8 Å². The van der Waals surface area contributed by atoms with Gasteiger partial charge in [-0.1, -0.05) is 12.1 Å². The van der Waals surface area contributed by atoms with Crippen molar-refractivity contribution in [2.45, 2.75) is 25.9 Å². The molecule has 6 rings (SSSR count). The molecule has 35 heavy (non-hydrogen) atoms. The highest BCUT2D eigenvalue weighted by molar-refractivity contribution is 6.08. The molecule has 0 saturated heterocycles. The molecule has 3 N–H and O–H groups in total. The van der Waals surface area contributed by atoms with Crippen molar-refractivity contribution < 1.29 is 4.79 Å². The standard InChI is InChI=1S/C27H25N7O/c1-27(2,28)17-6-8-18(9-7-17)34-24-16(15-33(3)26(34)35)13-30-22-11-10-21(32-23(22)24)20-14-31-25-19(20)5-4-12-29-25/h4-14H,15,28H2,1-3H3,(H,29,31). The molecule has 2 amide bonds. The molecule has 0 spiro atoms. The molecule has 5 heterocycles. The molecule has 0 saturated carbocycles. The summed E-state index contributed by atoms with van der Waals surface area (Å²) >= 11 is 0. The SMILES string of the molecule is CN1Cc2cnc3ccc(-c4c[nH]c5ncccc45)nc3c2N(c2ccc(C(C)(C)N)cc2)C1=O. The Kier molecular flexibility index (Phi) is 4.62. The molecular formula is C27H25N7O. The summed E-state index contributed by atoms with van der Waals surface area (Å²) in [6.45, 7) is 4.38. The Morgan fingerprint density at radius 1 is 1.06 bits per heavy atom. The number of aromatic nitrogens is 4. The summed E-state index contributed by atoms with van der Waals surface area (Å²) in [4.78, 5) is 34.2.